The van der Waals surface area contributed by atoms with E-state index in [1.165, 1.54) is 22.7 Å². The zero-order valence-electron chi connectivity index (χ0n) is 17.9. The summed E-state index contributed by atoms with van der Waals surface area (Å²) >= 11 is 15.4. The van der Waals surface area contributed by atoms with Gasteiger partial charge in [0.2, 0.25) is 0 Å². The number of hydrogen-bond donors (Lipinski definition) is 0. The van der Waals surface area contributed by atoms with E-state index in [4.69, 9.17) is 27.9 Å². The van der Waals surface area contributed by atoms with Gasteiger partial charge in [0.05, 0.1) is 30.5 Å². The molecule has 0 atom stereocenters. The fourth-order valence-corrected chi connectivity index (χ4v) is 6.38. The molecule has 2 heterocycles. The van der Waals surface area contributed by atoms with Crippen LogP contribution in [0.3, 0.4) is 0 Å². The van der Waals surface area contributed by atoms with Crippen molar-refractivity contribution < 1.29 is 14.3 Å². The van der Waals surface area contributed by atoms with E-state index < -0.39 is 11.8 Å². The van der Waals surface area contributed by atoms with Crippen LogP contribution in [0.25, 0.3) is 20.4 Å². The summed E-state index contributed by atoms with van der Waals surface area (Å²) in [7, 11) is 0. The van der Waals surface area contributed by atoms with Gasteiger partial charge in [0, 0.05) is 13.1 Å². The Balaban J connectivity index is 1.47. The molecule has 0 bridgehead atoms. The Morgan fingerprint density at radius 3 is 1.64 bits per heavy atom. The second kappa shape index (κ2) is 10.3. The van der Waals surface area contributed by atoms with Crippen LogP contribution < -0.4 is 9.60 Å². The molecular weight excluding hydrogens is 503 g/mol. The summed E-state index contributed by atoms with van der Waals surface area (Å²) in [5.74, 6) is -0.963. The molecule has 172 valence electrons. The lowest BCUT2D eigenvalue weighted by Crippen LogP contribution is -2.20. The number of aromatic nitrogens is 2. The minimum atomic E-state index is -0.482. The molecule has 0 saturated carbocycles. The number of carbonyl (C=O) groups is 2. The van der Waals surface area contributed by atoms with Crippen LogP contribution in [0.1, 0.15) is 13.8 Å². The topological polar surface area (TPSA) is 78.0 Å². The van der Waals surface area contributed by atoms with Gasteiger partial charge in [-0.2, -0.15) is 9.98 Å². The van der Waals surface area contributed by atoms with E-state index in [-0.39, 0.29) is 13.2 Å². The predicted molar refractivity (Wildman–Crippen MR) is 133 cm³/mol. The van der Waals surface area contributed by atoms with Gasteiger partial charge in [-0.15, -0.1) is 0 Å². The van der Waals surface area contributed by atoms with Gasteiger partial charge < -0.3 is 13.9 Å². The predicted octanol–water partition coefficient (Wildman–Crippen LogP) is 4.64. The third-order valence-electron chi connectivity index (χ3n) is 4.83. The molecule has 4 rings (SSSR count). The van der Waals surface area contributed by atoms with Crippen molar-refractivity contribution in [1.82, 2.24) is 9.13 Å². The highest BCUT2D eigenvalue weighted by atomic mass is 35.5. The number of benzene rings is 2. The Morgan fingerprint density at radius 2 is 1.24 bits per heavy atom. The van der Waals surface area contributed by atoms with Crippen molar-refractivity contribution in [3.8, 4) is 0 Å². The number of aryl methyl sites for hydroxylation is 2. The van der Waals surface area contributed by atoms with Crippen LogP contribution in [0.5, 0.6) is 0 Å². The highest BCUT2D eigenvalue weighted by Gasteiger charge is 2.12. The largest absolute Gasteiger partial charge is 0.362 e. The highest BCUT2D eigenvalue weighted by molar-refractivity contribution is 7.16. The summed E-state index contributed by atoms with van der Waals surface area (Å²) in [6.45, 7) is 4.51. The van der Waals surface area contributed by atoms with Crippen LogP contribution in [0.4, 0.5) is 0 Å². The SMILES string of the molecule is CCn1c(=NC(=O)COCC(=O)N=c2sc3cccc(Cl)c3n2CC)sc2cccc(Cl)c21. The van der Waals surface area contributed by atoms with Crippen LogP contribution in [-0.4, -0.2) is 34.2 Å². The Kier molecular flexibility index (Phi) is 7.45. The van der Waals surface area contributed by atoms with E-state index in [2.05, 4.69) is 9.98 Å². The van der Waals surface area contributed by atoms with Crippen LogP contribution in [0, 0.1) is 0 Å². The maximum absolute atomic E-state index is 12.3. The Hall–Kier alpha value is -2.30. The lowest BCUT2D eigenvalue weighted by Gasteiger charge is -2.02. The quantitative estimate of drug-likeness (QED) is 0.370. The first-order valence-electron chi connectivity index (χ1n) is 10.2. The number of fused-ring (bicyclic) bond motifs is 2. The summed E-state index contributed by atoms with van der Waals surface area (Å²) in [4.78, 5) is 34.1. The number of halogens is 2. The maximum Gasteiger partial charge on any atom is 0.274 e. The molecule has 7 nitrogen and oxygen atoms in total. The van der Waals surface area contributed by atoms with Crippen molar-refractivity contribution in [1.29, 1.82) is 0 Å². The molecule has 0 N–H and O–H groups in total. The summed E-state index contributed by atoms with van der Waals surface area (Å²) < 4.78 is 11.0. The average molecular weight is 523 g/mol. The number of carbonyl (C=O) groups excluding carboxylic acids is 2. The zero-order valence-corrected chi connectivity index (χ0v) is 21.0. The molecule has 0 fully saturated rings. The number of amides is 2. The van der Waals surface area contributed by atoms with Gasteiger partial charge in [0.1, 0.15) is 13.2 Å². The van der Waals surface area contributed by atoms with Crippen LogP contribution >= 0.6 is 45.9 Å². The maximum atomic E-state index is 12.3. The summed E-state index contributed by atoms with van der Waals surface area (Å²) in [5.41, 5.74) is 1.70. The Morgan fingerprint density at radius 1 is 0.818 bits per heavy atom. The molecule has 0 aliphatic rings. The van der Waals surface area contributed by atoms with Crippen molar-refractivity contribution in [2.45, 2.75) is 26.9 Å². The number of rotatable bonds is 6. The fourth-order valence-electron chi connectivity index (χ4n) is 3.43. The van der Waals surface area contributed by atoms with Crippen molar-refractivity contribution in [2.75, 3.05) is 13.2 Å². The van der Waals surface area contributed by atoms with Gasteiger partial charge in [0.15, 0.2) is 9.60 Å². The molecule has 2 aromatic carbocycles. The highest BCUT2D eigenvalue weighted by Crippen LogP contribution is 2.26. The average Bonchev–Trinajstić information content (AvgIpc) is 3.32. The summed E-state index contributed by atoms with van der Waals surface area (Å²) in [6, 6.07) is 11.2. The summed E-state index contributed by atoms with van der Waals surface area (Å²) in [6.07, 6.45) is 0. The smallest absolute Gasteiger partial charge is 0.274 e. The van der Waals surface area contributed by atoms with E-state index in [1.807, 2.05) is 47.2 Å². The fraction of sp³-hybridized carbons (Fsp3) is 0.273. The van der Waals surface area contributed by atoms with E-state index in [0.29, 0.717) is 32.7 Å². The van der Waals surface area contributed by atoms with Gasteiger partial charge >= 0.3 is 0 Å². The van der Waals surface area contributed by atoms with Crippen LogP contribution in [0.15, 0.2) is 46.4 Å². The Bertz CT molecular complexity index is 1390. The van der Waals surface area contributed by atoms with Gasteiger partial charge in [-0.05, 0) is 38.1 Å². The number of nitrogens with zero attached hydrogens (tertiary/aromatic N) is 4. The zero-order chi connectivity index (χ0) is 23.5. The van der Waals surface area contributed by atoms with Crippen molar-refractivity contribution >= 4 is 78.1 Å². The van der Waals surface area contributed by atoms with E-state index >= 15 is 0 Å². The van der Waals surface area contributed by atoms with Crippen molar-refractivity contribution in [2.24, 2.45) is 9.98 Å². The van der Waals surface area contributed by atoms with E-state index in [9.17, 15) is 9.59 Å². The molecule has 0 radical (unpaired) electrons. The van der Waals surface area contributed by atoms with Crippen LogP contribution in [0.2, 0.25) is 10.0 Å². The monoisotopic (exact) mass is 522 g/mol. The molecule has 2 amide bonds. The molecule has 0 aliphatic heterocycles. The Labute approximate surface area is 207 Å². The molecular formula is C22H20Cl2N4O3S2. The lowest BCUT2D eigenvalue weighted by atomic mass is 10.3. The molecule has 2 aromatic heterocycles. The van der Waals surface area contributed by atoms with Gasteiger partial charge in [-0.1, -0.05) is 58.0 Å². The van der Waals surface area contributed by atoms with Crippen molar-refractivity contribution in [3.05, 3.63) is 56.0 Å². The first kappa shape index (κ1) is 23.8. The van der Waals surface area contributed by atoms with Gasteiger partial charge in [0.25, 0.3) is 11.8 Å². The molecule has 0 spiro atoms. The third-order valence-corrected chi connectivity index (χ3v) is 7.53. The van der Waals surface area contributed by atoms with Crippen molar-refractivity contribution in [3.63, 3.8) is 0 Å². The third kappa shape index (κ3) is 4.97. The number of hydrogen-bond acceptors (Lipinski definition) is 5. The van der Waals surface area contributed by atoms with Gasteiger partial charge in [-0.3, -0.25) is 9.59 Å². The minimum Gasteiger partial charge on any atom is -0.362 e. The minimum absolute atomic E-state index is 0.320. The molecule has 4 aromatic rings. The first-order valence-corrected chi connectivity index (χ1v) is 12.6. The summed E-state index contributed by atoms with van der Waals surface area (Å²) in [5, 5.41) is 1.21. The molecule has 33 heavy (non-hydrogen) atoms. The molecule has 0 unspecified atom stereocenters. The first-order chi connectivity index (χ1) is 15.9. The molecule has 11 heteroatoms. The number of para-hydroxylation sites is 2. The number of ether oxygens (including phenoxy) is 1. The molecule has 0 saturated heterocycles. The second-order valence-corrected chi connectivity index (χ2v) is 9.77. The second-order valence-electron chi connectivity index (χ2n) is 6.93. The lowest BCUT2D eigenvalue weighted by molar-refractivity contribution is -0.127. The van der Waals surface area contributed by atoms with Gasteiger partial charge in [-0.25, -0.2) is 0 Å². The standard InChI is InChI=1S/C22H20Cl2N4O3S2/c1-3-27-19-13(23)7-5-9-15(19)32-21(27)25-17(29)11-31-12-18(30)26-22-28(4-2)20-14(24)8-6-10-16(20)33-22/h5-10H,3-4,11-12H2,1-2H3. The molecule has 0 aliphatic carbocycles. The van der Waals surface area contributed by atoms with E-state index in [0.717, 1.165) is 20.4 Å². The van der Waals surface area contributed by atoms with E-state index in [1.54, 1.807) is 12.1 Å². The number of thiazole rings is 2. The van der Waals surface area contributed by atoms with Crippen LogP contribution in [-0.2, 0) is 27.4 Å². The normalized spacial score (nSPS) is 12.8.